The number of phenolic OH excluding ortho intramolecular Hbond substituents is 1. The maximum absolute atomic E-state index is 13.4. The van der Waals surface area contributed by atoms with Gasteiger partial charge in [0.15, 0.2) is 0 Å². The highest BCUT2D eigenvalue weighted by Gasteiger charge is 2.36. The van der Waals surface area contributed by atoms with Gasteiger partial charge in [0.1, 0.15) is 24.0 Å². The molecule has 7 nitrogen and oxygen atoms in total. The maximum atomic E-state index is 13.4. The Hall–Kier alpha value is -3.37. The molecule has 3 aliphatic rings. The van der Waals surface area contributed by atoms with E-state index in [1.54, 1.807) is 24.5 Å². The first-order valence-electron chi connectivity index (χ1n) is 12.9. The predicted octanol–water partition coefficient (Wildman–Crippen LogP) is 5.44. The van der Waals surface area contributed by atoms with Crippen molar-refractivity contribution in [1.82, 2.24) is 10.1 Å². The van der Waals surface area contributed by atoms with Gasteiger partial charge in [0.2, 0.25) is 0 Å². The summed E-state index contributed by atoms with van der Waals surface area (Å²) in [5.41, 5.74) is 5.09. The smallest absolute Gasteiger partial charge is 0.416 e. The van der Waals surface area contributed by atoms with E-state index in [1.807, 2.05) is 6.07 Å². The number of hydrogen-bond donors (Lipinski definition) is 2. The predicted molar refractivity (Wildman–Crippen MR) is 140 cm³/mol. The van der Waals surface area contributed by atoms with Gasteiger partial charge in [-0.05, 0) is 55.0 Å². The van der Waals surface area contributed by atoms with Gasteiger partial charge in [-0.3, -0.25) is 4.90 Å². The van der Waals surface area contributed by atoms with Crippen molar-refractivity contribution >= 4 is 6.29 Å². The lowest BCUT2D eigenvalue weighted by Gasteiger charge is -2.28. The Kier molecular flexibility index (Phi) is 10.5. The zero-order valence-corrected chi connectivity index (χ0v) is 22.4. The van der Waals surface area contributed by atoms with E-state index in [4.69, 9.17) is 24.3 Å². The Morgan fingerprint density at radius 2 is 1.87 bits per heavy atom. The lowest BCUT2D eigenvalue weighted by molar-refractivity contribution is -0.138. The molecule has 0 bridgehead atoms. The van der Waals surface area contributed by atoms with Crippen molar-refractivity contribution in [3.63, 3.8) is 0 Å². The number of nitrogens with zero attached hydrogens (tertiary/aromatic N) is 2. The van der Waals surface area contributed by atoms with Crippen LogP contribution in [0, 0.1) is 0 Å². The van der Waals surface area contributed by atoms with Gasteiger partial charge in [0.05, 0.1) is 17.9 Å². The summed E-state index contributed by atoms with van der Waals surface area (Å²) in [6, 6.07) is 8.20. The summed E-state index contributed by atoms with van der Waals surface area (Å²) in [7, 11) is 1.00. The minimum atomic E-state index is -4.30. The van der Waals surface area contributed by atoms with Crippen LogP contribution in [0.15, 0.2) is 41.1 Å². The lowest BCUT2D eigenvalue weighted by atomic mass is 9.95. The molecule has 0 fully saturated rings. The first-order chi connectivity index (χ1) is 18.7. The summed E-state index contributed by atoms with van der Waals surface area (Å²) in [6.45, 7) is 5.94. The molecule has 6 rings (SSSR count). The zero-order valence-electron chi connectivity index (χ0n) is 22.4. The molecule has 3 aromatic rings. The average Bonchev–Trinajstić information content (AvgIpc) is 3.65. The topological polar surface area (TPSA) is 96.0 Å². The highest BCUT2D eigenvalue weighted by molar-refractivity contribution is 5.46. The van der Waals surface area contributed by atoms with Crippen molar-refractivity contribution in [2.75, 3.05) is 20.3 Å². The number of hydrogen-bond acceptors (Lipinski definition) is 7. The Labute approximate surface area is 226 Å². The van der Waals surface area contributed by atoms with Gasteiger partial charge in [-0.25, -0.2) is 0 Å². The summed E-state index contributed by atoms with van der Waals surface area (Å²) < 4.78 is 50.5. The number of aromatic nitrogens is 1. The number of halogens is 3. The summed E-state index contributed by atoms with van der Waals surface area (Å²) in [6.07, 6.45) is 1.35. The Morgan fingerprint density at radius 3 is 2.59 bits per heavy atom. The number of carbonyl (C=O) groups is 1. The molecule has 3 heterocycles. The van der Waals surface area contributed by atoms with E-state index in [-0.39, 0.29) is 5.75 Å². The lowest BCUT2D eigenvalue weighted by Crippen LogP contribution is -2.31. The van der Waals surface area contributed by atoms with Crippen LogP contribution in [0.1, 0.15) is 65.3 Å². The quantitative estimate of drug-likeness (QED) is 0.412. The number of carbonyl (C=O) groups excluding carboxylic acids is 1. The average molecular weight is 549 g/mol. The Balaban J connectivity index is 0.000000219. The van der Waals surface area contributed by atoms with Crippen LogP contribution < -0.4 is 4.74 Å². The van der Waals surface area contributed by atoms with Crippen LogP contribution in [0.4, 0.5) is 13.2 Å². The fraction of sp³-hybridized carbons (Fsp3) is 0.448. The third kappa shape index (κ3) is 7.39. The molecule has 1 aromatic heterocycles. The molecule has 0 saturated carbocycles. The van der Waals surface area contributed by atoms with Crippen LogP contribution in [-0.2, 0) is 43.3 Å². The van der Waals surface area contributed by atoms with Crippen LogP contribution in [0.5, 0.6) is 11.5 Å². The molecule has 1 atom stereocenters. The van der Waals surface area contributed by atoms with E-state index in [9.17, 15) is 13.2 Å². The molecular formula is C29H35F3N2O5. The van der Waals surface area contributed by atoms with Gasteiger partial charge >= 0.3 is 6.18 Å². The van der Waals surface area contributed by atoms with Crippen molar-refractivity contribution in [3.05, 3.63) is 75.7 Å². The van der Waals surface area contributed by atoms with Gasteiger partial charge in [0, 0.05) is 56.3 Å². The van der Waals surface area contributed by atoms with Gasteiger partial charge in [-0.1, -0.05) is 24.2 Å². The number of aliphatic hydroxyl groups excluding tert-OH is 1. The normalized spacial score (nSPS) is 17.1. The fourth-order valence-corrected chi connectivity index (χ4v) is 5.11. The van der Waals surface area contributed by atoms with Crippen molar-refractivity contribution in [1.29, 1.82) is 0 Å². The van der Waals surface area contributed by atoms with Gasteiger partial charge < -0.3 is 24.3 Å². The van der Waals surface area contributed by atoms with Gasteiger partial charge in [-0.2, -0.15) is 13.2 Å². The molecule has 1 unspecified atom stereocenters. The summed E-state index contributed by atoms with van der Waals surface area (Å²) >= 11 is 0. The monoisotopic (exact) mass is 548 g/mol. The molecule has 39 heavy (non-hydrogen) atoms. The maximum Gasteiger partial charge on any atom is 0.416 e. The van der Waals surface area contributed by atoms with E-state index in [1.165, 1.54) is 18.6 Å². The molecule has 0 spiro atoms. The number of aldehydes is 1. The number of alkyl halides is 3. The second-order valence-electron chi connectivity index (χ2n) is 9.50. The van der Waals surface area contributed by atoms with Crippen LogP contribution in [0.2, 0.25) is 0 Å². The van der Waals surface area contributed by atoms with E-state index in [2.05, 4.69) is 17.0 Å². The van der Waals surface area contributed by atoms with Crippen LogP contribution in [0.25, 0.3) is 0 Å². The molecular weight excluding hydrogens is 513 g/mol. The van der Waals surface area contributed by atoms with Crippen LogP contribution >= 0.6 is 0 Å². The molecule has 2 N–H and O–H groups in total. The van der Waals surface area contributed by atoms with Crippen LogP contribution in [-0.4, -0.2) is 46.8 Å². The summed E-state index contributed by atoms with van der Waals surface area (Å²) in [5, 5.41) is 20.0. The van der Waals surface area contributed by atoms with Gasteiger partial charge in [0.25, 0.3) is 0 Å². The number of aliphatic hydroxyl groups is 1. The van der Waals surface area contributed by atoms with E-state index in [0.29, 0.717) is 31.1 Å². The molecule has 0 saturated heterocycles. The first-order valence-corrected chi connectivity index (χ1v) is 12.9. The Morgan fingerprint density at radius 1 is 1.13 bits per heavy atom. The van der Waals surface area contributed by atoms with Gasteiger partial charge in [-0.15, -0.1) is 0 Å². The Bertz CT molecular complexity index is 1240. The van der Waals surface area contributed by atoms with Crippen molar-refractivity contribution in [2.24, 2.45) is 0 Å². The highest BCUT2D eigenvalue weighted by Crippen LogP contribution is 2.38. The number of ether oxygens (including phenoxy) is 1. The zero-order chi connectivity index (χ0) is 28.6. The van der Waals surface area contributed by atoms with E-state index >= 15 is 0 Å². The second kappa shape index (κ2) is 13.6. The van der Waals surface area contributed by atoms with Crippen molar-refractivity contribution in [2.45, 2.75) is 64.7 Å². The number of fused-ring (bicyclic) bond motifs is 3. The highest BCUT2D eigenvalue weighted by atomic mass is 19.4. The second-order valence-corrected chi connectivity index (χ2v) is 9.50. The molecule has 10 heteroatoms. The van der Waals surface area contributed by atoms with Crippen molar-refractivity contribution < 1.29 is 37.4 Å². The standard InChI is InChI=1S/C17H17F3N2O.C9H10O2.C2H4O.CH4O/c18-17(19,20)15-5-4-11-2-1-3-13(11)14(15)9-22-7-6-16-12(8-22)10-23-21-16;1-6-5-11-9-4-7(10)2-3-8(6)9;1-2-3;1-2/h4-5,10H,1-3,6-9H2;2-4,6,10H,5H2,1H3;2H,1H3;2H,1H3. The summed E-state index contributed by atoms with van der Waals surface area (Å²) in [5.74, 6) is 1.57. The molecule has 0 radical (unpaired) electrons. The molecule has 2 aromatic carbocycles. The molecule has 2 aliphatic heterocycles. The number of aromatic hydroxyl groups is 1. The first kappa shape index (κ1) is 30.2. The minimum Gasteiger partial charge on any atom is -0.508 e. The van der Waals surface area contributed by atoms with Crippen LogP contribution in [0.3, 0.4) is 0 Å². The van der Waals surface area contributed by atoms with E-state index in [0.717, 1.165) is 73.8 Å². The SMILES string of the molecule is CC1COc2cc(O)ccc21.CC=O.CO.FC(F)(F)c1ccc2c(c1CN1CCc3nocc3C1)CCC2. The van der Waals surface area contributed by atoms with E-state index < -0.39 is 11.7 Å². The summed E-state index contributed by atoms with van der Waals surface area (Å²) in [4.78, 5) is 10.9. The largest absolute Gasteiger partial charge is 0.508 e. The number of phenols is 1. The number of benzene rings is 2. The van der Waals surface area contributed by atoms with Crippen molar-refractivity contribution in [3.8, 4) is 11.5 Å². The fourth-order valence-electron chi connectivity index (χ4n) is 5.11. The number of rotatable bonds is 2. The third-order valence-corrected chi connectivity index (χ3v) is 6.89. The third-order valence-electron chi connectivity index (χ3n) is 6.89. The number of aryl methyl sites for hydroxylation is 1. The molecule has 0 amide bonds. The molecule has 212 valence electrons. The molecule has 1 aliphatic carbocycles. The minimum absolute atomic E-state index is 0.276.